The van der Waals surface area contributed by atoms with Gasteiger partial charge in [0.1, 0.15) is 5.82 Å². The normalized spacial score (nSPS) is 17.5. The molecule has 3 aromatic rings. The van der Waals surface area contributed by atoms with E-state index in [-0.39, 0.29) is 5.91 Å². The largest absolute Gasteiger partial charge is 0.380 e. The molecule has 2 saturated heterocycles. The van der Waals surface area contributed by atoms with Crippen molar-refractivity contribution in [3.05, 3.63) is 40.0 Å². The van der Waals surface area contributed by atoms with E-state index in [4.69, 9.17) is 9.72 Å². The fraction of sp³-hybridized carbons (Fsp3) is 0.455. The standard InChI is InChI=1S/C22H25N5O2S2/c1-3-18-24-14(2)19(31-18)16-11-30-21(25-16)26-17-5-4-15(10-23-17)20(28)27-8-6-22(7-9-27)12-29-13-22/h4-5,10-11H,3,6-9,12-13H2,1-2H3,(H,23,25,26). The van der Waals surface area contributed by atoms with Crippen molar-refractivity contribution in [2.24, 2.45) is 5.41 Å². The first-order chi connectivity index (χ1) is 15.0. The minimum absolute atomic E-state index is 0.0538. The summed E-state index contributed by atoms with van der Waals surface area (Å²) in [6.45, 7) is 7.41. The van der Waals surface area contributed by atoms with E-state index < -0.39 is 0 Å². The van der Waals surface area contributed by atoms with E-state index in [1.165, 1.54) is 11.3 Å². The summed E-state index contributed by atoms with van der Waals surface area (Å²) in [6, 6.07) is 3.68. The SMILES string of the molecule is CCc1nc(C)c(-c2csc(Nc3ccc(C(=O)N4CCC5(CC4)COC5)cn3)n2)s1. The molecule has 0 atom stereocenters. The second-order valence-electron chi connectivity index (χ2n) is 8.26. The Balaban J connectivity index is 1.22. The van der Waals surface area contributed by atoms with Crippen LogP contribution in [-0.2, 0) is 11.2 Å². The molecule has 1 amide bonds. The lowest BCUT2D eigenvalue weighted by Gasteiger charge is -2.47. The van der Waals surface area contributed by atoms with Crippen molar-refractivity contribution in [3.8, 4) is 10.6 Å². The molecule has 0 bridgehead atoms. The first kappa shape index (κ1) is 20.5. The number of thiazole rings is 2. The lowest BCUT2D eigenvalue weighted by Crippen LogP contribution is -2.52. The second kappa shape index (κ2) is 8.29. The van der Waals surface area contributed by atoms with E-state index in [0.29, 0.717) is 16.8 Å². The maximum absolute atomic E-state index is 12.8. The van der Waals surface area contributed by atoms with Gasteiger partial charge in [-0.3, -0.25) is 4.79 Å². The van der Waals surface area contributed by atoms with Crippen molar-refractivity contribution in [2.45, 2.75) is 33.1 Å². The van der Waals surface area contributed by atoms with Crippen LogP contribution >= 0.6 is 22.7 Å². The molecule has 3 aromatic heterocycles. The maximum atomic E-state index is 12.8. The van der Waals surface area contributed by atoms with Crippen molar-refractivity contribution < 1.29 is 9.53 Å². The molecule has 1 N–H and O–H groups in total. The highest BCUT2D eigenvalue weighted by atomic mass is 32.1. The monoisotopic (exact) mass is 455 g/mol. The predicted octanol–water partition coefficient (Wildman–Crippen LogP) is 4.53. The zero-order chi connectivity index (χ0) is 21.4. The van der Waals surface area contributed by atoms with Crippen LogP contribution in [0.3, 0.4) is 0 Å². The van der Waals surface area contributed by atoms with Crippen LogP contribution < -0.4 is 5.32 Å². The van der Waals surface area contributed by atoms with Gasteiger partial charge in [-0.15, -0.1) is 22.7 Å². The molecule has 7 nitrogen and oxygen atoms in total. The number of amides is 1. The number of carbonyl (C=O) groups excluding carboxylic acids is 1. The summed E-state index contributed by atoms with van der Waals surface area (Å²) in [5, 5.41) is 7.19. The Kier molecular flexibility index (Phi) is 5.49. The van der Waals surface area contributed by atoms with Crippen LogP contribution in [0.2, 0.25) is 0 Å². The highest BCUT2D eigenvalue weighted by molar-refractivity contribution is 7.16. The van der Waals surface area contributed by atoms with Gasteiger partial charge in [-0.25, -0.2) is 15.0 Å². The summed E-state index contributed by atoms with van der Waals surface area (Å²) < 4.78 is 5.37. The van der Waals surface area contributed by atoms with E-state index in [2.05, 4.69) is 22.2 Å². The van der Waals surface area contributed by atoms with E-state index >= 15 is 0 Å². The van der Waals surface area contributed by atoms with Gasteiger partial charge in [0.15, 0.2) is 5.13 Å². The van der Waals surface area contributed by atoms with Gasteiger partial charge in [0.25, 0.3) is 5.91 Å². The summed E-state index contributed by atoms with van der Waals surface area (Å²) in [6.07, 6.45) is 4.63. The highest BCUT2D eigenvalue weighted by Crippen LogP contribution is 2.38. The van der Waals surface area contributed by atoms with Crippen molar-refractivity contribution in [3.63, 3.8) is 0 Å². The van der Waals surface area contributed by atoms with Crippen LogP contribution in [0.4, 0.5) is 10.9 Å². The van der Waals surface area contributed by atoms with Gasteiger partial charge in [0.05, 0.1) is 40.0 Å². The van der Waals surface area contributed by atoms with E-state index in [0.717, 1.165) is 72.0 Å². The van der Waals surface area contributed by atoms with Crippen molar-refractivity contribution in [1.82, 2.24) is 19.9 Å². The molecular formula is C22H25N5O2S2. The zero-order valence-corrected chi connectivity index (χ0v) is 19.3. The van der Waals surface area contributed by atoms with Crippen LogP contribution in [-0.4, -0.2) is 52.1 Å². The molecule has 2 aliphatic heterocycles. The maximum Gasteiger partial charge on any atom is 0.255 e. The van der Waals surface area contributed by atoms with E-state index in [1.54, 1.807) is 17.5 Å². The smallest absolute Gasteiger partial charge is 0.255 e. The molecule has 162 valence electrons. The Morgan fingerprint density at radius 3 is 2.68 bits per heavy atom. The Morgan fingerprint density at radius 2 is 2.06 bits per heavy atom. The number of piperidine rings is 1. The third-order valence-corrected chi connectivity index (χ3v) is 8.14. The number of anilines is 2. The molecule has 0 saturated carbocycles. The average Bonchev–Trinajstić information content (AvgIpc) is 3.38. The molecule has 0 radical (unpaired) electrons. The quantitative estimate of drug-likeness (QED) is 0.609. The summed E-state index contributed by atoms with van der Waals surface area (Å²) in [5.41, 5.74) is 2.91. The number of aryl methyl sites for hydroxylation is 2. The van der Waals surface area contributed by atoms with Gasteiger partial charge in [0, 0.05) is 30.1 Å². The summed E-state index contributed by atoms with van der Waals surface area (Å²) in [4.78, 5) is 29.6. The van der Waals surface area contributed by atoms with Gasteiger partial charge in [-0.2, -0.15) is 0 Å². The van der Waals surface area contributed by atoms with Gasteiger partial charge < -0.3 is 15.0 Å². The molecule has 0 unspecified atom stereocenters. The number of pyridine rings is 1. The fourth-order valence-corrected chi connectivity index (χ4v) is 5.77. The third kappa shape index (κ3) is 4.09. The molecule has 0 aliphatic carbocycles. The first-order valence-corrected chi connectivity index (χ1v) is 12.3. The van der Waals surface area contributed by atoms with Gasteiger partial charge in [0.2, 0.25) is 0 Å². The third-order valence-electron chi connectivity index (χ3n) is 6.05. The Bertz CT molecular complexity index is 1080. The number of rotatable bonds is 5. The van der Waals surface area contributed by atoms with Crippen LogP contribution in [0.1, 0.15) is 40.8 Å². The van der Waals surface area contributed by atoms with E-state index in [1.807, 2.05) is 29.3 Å². The van der Waals surface area contributed by atoms with Crippen LogP contribution in [0.5, 0.6) is 0 Å². The van der Waals surface area contributed by atoms with Crippen molar-refractivity contribution in [1.29, 1.82) is 0 Å². The second-order valence-corrected chi connectivity index (χ2v) is 10.2. The minimum atomic E-state index is 0.0538. The molecule has 0 aromatic carbocycles. The van der Waals surface area contributed by atoms with Crippen molar-refractivity contribution >= 4 is 39.5 Å². The van der Waals surface area contributed by atoms with Crippen LogP contribution in [0, 0.1) is 12.3 Å². The Labute approximate surface area is 189 Å². The molecule has 2 aliphatic rings. The van der Waals surface area contributed by atoms with Gasteiger partial charge in [-0.1, -0.05) is 6.92 Å². The van der Waals surface area contributed by atoms with Gasteiger partial charge in [-0.05, 0) is 38.3 Å². The minimum Gasteiger partial charge on any atom is -0.380 e. The fourth-order valence-electron chi connectivity index (χ4n) is 4.03. The summed E-state index contributed by atoms with van der Waals surface area (Å²) in [7, 11) is 0. The molecule has 5 heterocycles. The number of likely N-dealkylation sites (tertiary alicyclic amines) is 1. The number of hydrogen-bond donors (Lipinski definition) is 1. The lowest BCUT2D eigenvalue weighted by molar-refractivity contribution is -0.136. The van der Waals surface area contributed by atoms with Crippen LogP contribution in [0.25, 0.3) is 10.6 Å². The Hall–Kier alpha value is -2.36. The first-order valence-electron chi connectivity index (χ1n) is 10.6. The number of hydrogen-bond acceptors (Lipinski definition) is 8. The number of nitrogens with zero attached hydrogens (tertiary/aromatic N) is 4. The molecular weight excluding hydrogens is 430 g/mol. The number of ether oxygens (including phenoxy) is 1. The lowest BCUT2D eigenvalue weighted by atomic mass is 9.77. The van der Waals surface area contributed by atoms with E-state index in [9.17, 15) is 4.79 Å². The molecule has 9 heteroatoms. The molecule has 5 rings (SSSR count). The highest BCUT2D eigenvalue weighted by Gasteiger charge is 2.42. The molecule has 31 heavy (non-hydrogen) atoms. The molecule has 2 fully saturated rings. The number of nitrogens with one attached hydrogen (secondary N) is 1. The van der Waals surface area contributed by atoms with Crippen LogP contribution in [0.15, 0.2) is 23.7 Å². The Morgan fingerprint density at radius 1 is 1.26 bits per heavy atom. The van der Waals surface area contributed by atoms with Gasteiger partial charge >= 0.3 is 0 Å². The molecule has 1 spiro atoms. The number of carbonyl (C=O) groups is 1. The average molecular weight is 456 g/mol. The zero-order valence-electron chi connectivity index (χ0n) is 17.7. The summed E-state index contributed by atoms with van der Waals surface area (Å²) >= 11 is 3.23. The predicted molar refractivity (Wildman–Crippen MR) is 123 cm³/mol. The van der Waals surface area contributed by atoms with Crippen molar-refractivity contribution in [2.75, 3.05) is 31.6 Å². The summed E-state index contributed by atoms with van der Waals surface area (Å²) in [5.74, 6) is 0.731. The topological polar surface area (TPSA) is 80.2 Å². The number of aromatic nitrogens is 3.